The Morgan fingerprint density at radius 1 is 1.00 bits per heavy atom. The molecule has 29 heavy (non-hydrogen) atoms. The Bertz CT molecular complexity index is 869. The van der Waals surface area contributed by atoms with E-state index in [0.29, 0.717) is 23.7 Å². The second-order valence-electron chi connectivity index (χ2n) is 6.51. The summed E-state index contributed by atoms with van der Waals surface area (Å²) in [7, 11) is 0. The van der Waals surface area contributed by atoms with Crippen LogP contribution in [0.1, 0.15) is 30.9 Å². The van der Waals surface area contributed by atoms with E-state index < -0.39 is 0 Å². The molecule has 2 rings (SSSR count). The van der Waals surface area contributed by atoms with Gasteiger partial charge in [0.2, 0.25) is 17.7 Å². The summed E-state index contributed by atoms with van der Waals surface area (Å²) in [5, 5.41) is 3.30. The van der Waals surface area contributed by atoms with Crippen LogP contribution in [0.2, 0.25) is 5.02 Å². The predicted octanol–water partition coefficient (Wildman–Crippen LogP) is 3.16. The molecular formula is C21H24ClN3O4. The van der Waals surface area contributed by atoms with E-state index in [9.17, 15) is 14.4 Å². The SMILES string of the molecule is CC(=O)Nc1ccc(CC(=O)NNC(=O)CCCOc2ccc(Cl)cc2C)cc1. The van der Waals surface area contributed by atoms with Crippen LogP contribution in [0.4, 0.5) is 5.69 Å². The van der Waals surface area contributed by atoms with Gasteiger partial charge in [-0.1, -0.05) is 23.7 Å². The summed E-state index contributed by atoms with van der Waals surface area (Å²) < 4.78 is 5.63. The molecule has 0 aliphatic carbocycles. The van der Waals surface area contributed by atoms with Crippen LogP contribution in [-0.4, -0.2) is 24.3 Å². The van der Waals surface area contributed by atoms with E-state index in [-0.39, 0.29) is 30.6 Å². The van der Waals surface area contributed by atoms with Gasteiger partial charge in [-0.3, -0.25) is 25.2 Å². The molecule has 0 saturated carbocycles. The van der Waals surface area contributed by atoms with Crippen molar-refractivity contribution in [1.29, 1.82) is 0 Å². The second-order valence-corrected chi connectivity index (χ2v) is 6.95. The number of carbonyl (C=O) groups is 3. The van der Waals surface area contributed by atoms with Gasteiger partial charge in [0.1, 0.15) is 5.75 Å². The summed E-state index contributed by atoms with van der Waals surface area (Å²) in [5.41, 5.74) is 7.13. The summed E-state index contributed by atoms with van der Waals surface area (Å²) in [4.78, 5) is 34.8. The minimum atomic E-state index is -0.335. The number of carbonyl (C=O) groups excluding carboxylic acids is 3. The third-order valence-electron chi connectivity index (χ3n) is 3.92. The van der Waals surface area contributed by atoms with E-state index in [4.69, 9.17) is 16.3 Å². The molecule has 0 aliphatic heterocycles. The lowest BCUT2D eigenvalue weighted by molar-refractivity contribution is -0.128. The van der Waals surface area contributed by atoms with E-state index in [2.05, 4.69) is 16.2 Å². The van der Waals surface area contributed by atoms with Crippen molar-refractivity contribution < 1.29 is 19.1 Å². The molecule has 0 atom stereocenters. The quantitative estimate of drug-likeness (QED) is 0.454. The van der Waals surface area contributed by atoms with Crippen LogP contribution in [0.3, 0.4) is 0 Å². The van der Waals surface area contributed by atoms with Gasteiger partial charge in [-0.2, -0.15) is 0 Å². The summed E-state index contributed by atoms with van der Waals surface area (Å²) in [6.07, 6.45) is 0.840. The smallest absolute Gasteiger partial charge is 0.242 e. The molecule has 0 aromatic heterocycles. The number of anilines is 1. The first kappa shape index (κ1) is 22.2. The predicted molar refractivity (Wildman–Crippen MR) is 112 cm³/mol. The number of benzene rings is 2. The van der Waals surface area contributed by atoms with Gasteiger partial charge in [0.05, 0.1) is 13.0 Å². The van der Waals surface area contributed by atoms with Gasteiger partial charge in [0.25, 0.3) is 0 Å². The molecule has 0 heterocycles. The minimum Gasteiger partial charge on any atom is -0.493 e. The Hall–Kier alpha value is -3.06. The van der Waals surface area contributed by atoms with E-state index in [1.807, 2.05) is 13.0 Å². The average molecular weight is 418 g/mol. The van der Waals surface area contributed by atoms with Crippen LogP contribution in [-0.2, 0) is 20.8 Å². The van der Waals surface area contributed by atoms with E-state index in [1.54, 1.807) is 36.4 Å². The Morgan fingerprint density at radius 2 is 1.69 bits per heavy atom. The van der Waals surface area contributed by atoms with Crippen LogP contribution in [0.5, 0.6) is 5.75 Å². The number of hydrogen-bond acceptors (Lipinski definition) is 4. The summed E-state index contributed by atoms with van der Waals surface area (Å²) in [6, 6.07) is 12.3. The number of rotatable bonds is 8. The van der Waals surface area contributed by atoms with Crippen molar-refractivity contribution in [1.82, 2.24) is 10.9 Å². The zero-order chi connectivity index (χ0) is 21.2. The fourth-order valence-electron chi connectivity index (χ4n) is 2.53. The molecule has 2 aromatic carbocycles. The molecule has 0 unspecified atom stereocenters. The standard InChI is InChI=1S/C21H24ClN3O4/c1-14-12-17(22)7-10-19(14)29-11-3-4-20(27)24-25-21(28)13-16-5-8-18(9-6-16)23-15(2)26/h5-10,12H,3-4,11,13H2,1-2H3,(H,23,26)(H,24,27)(H,25,28). The maximum absolute atomic E-state index is 11.9. The maximum Gasteiger partial charge on any atom is 0.242 e. The first-order valence-electron chi connectivity index (χ1n) is 9.16. The van der Waals surface area contributed by atoms with Gasteiger partial charge in [0, 0.05) is 24.1 Å². The lowest BCUT2D eigenvalue weighted by Gasteiger charge is -2.10. The first-order valence-corrected chi connectivity index (χ1v) is 9.54. The fourth-order valence-corrected chi connectivity index (χ4v) is 2.76. The Balaban J connectivity index is 1.64. The highest BCUT2D eigenvalue weighted by Crippen LogP contribution is 2.21. The molecule has 0 radical (unpaired) electrons. The molecule has 2 aromatic rings. The Morgan fingerprint density at radius 3 is 2.34 bits per heavy atom. The molecule has 154 valence electrons. The molecular weight excluding hydrogens is 394 g/mol. The van der Waals surface area contributed by atoms with Gasteiger partial charge >= 0.3 is 0 Å². The average Bonchev–Trinajstić information content (AvgIpc) is 2.66. The highest BCUT2D eigenvalue weighted by Gasteiger charge is 2.07. The normalized spacial score (nSPS) is 10.2. The van der Waals surface area contributed by atoms with Gasteiger partial charge in [-0.15, -0.1) is 0 Å². The third-order valence-corrected chi connectivity index (χ3v) is 4.16. The number of halogens is 1. The summed E-state index contributed by atoms with van der Waals surface area (Å²) >= 11 is 5.90. The molecule has 0 bridgehead atoms. The largest absolute Gasteiger partial charge is 0.493 e. The molecule has 8 heteroatoms. The third kappa shape index (κ3) is 8.23. The second kappa shape index (κ2) is 11.1. The van der Waals surface area contributed by atoms with Gasteiger partial charge in [0.15, 0.2) is 0 Å². The number of amides is 3. The van der Waals surface area contributed by atoms with Crippen molar-refractivity contribution >= 4 is 35.0 Å². The number of hydrazine groups is 1. The number of nitrogens with one attached hydrogen (secondary N) is 3. The van der Waals surface area contributed by atoms with E-state index >= 15 is 0 Å². The van der Waals surface area contributed by atoms with Crippen LogP contribution < -0.4 is 20.9 Å². The molecule has 0 saturated heterocycles. The Labute approximate surface area is 174 Å². The van der Waals surface area contributed by atoms with Crippen molar-refractivity contribution in [2.75, 3.05) is 11.9 Å². The highest BCUT2D eigenvalue weighted by atomic mass is 35.5. The Kier molecular flexibility index (Phi) is 8.48. The van der Waals surface area contributed by atoms with Crippen LogP contribution >= 0.6 is 11.6 Å². The van der Waals surface area contributed by atoms with E-state index in [1.165, 1.54) is 6.92 Å². The van der Waals surface area contributed by atoms with Crippen LogP contribution in [0.15, 0.2) is 42.5 Å². The van der Waals surface area contributed by atoms with Crippen LogP contribution in [0.25, 0.3) is 0 Å². The lowest BCUT2D eigenvalue weighted by Crippen LogP contribution is -2.42. The molecule has 0 fully saturated rings. The molecule has 3 amide bonds. The summed E-state index contributed by atoms with van der Waals surface area (Å²) in [6.45, 7) is 3.70. The van der Waals surface area contributed by atoms with Crippen LogP contribution in [0, 0.1) is 6.92 Å². The molecule has 0 aliphatic rings. The summed E-state index contributed by atoms with van der Waals surface area (Å²) in [5.74, 6) is -0.0611. The zero-order valence-corrected chi connectivity index (χ0v) is 17.1. The zero-order valence-electron chi connectivity index (χ0n) is 16.4. The van der Waals surface area contributed by atoms with Gasteiger partial charge < -0.3 is 10.1 Å². The first-order chi connectivity index (χ1) is 13.8. The van der Waals surface area contributed by atoms with Crippen molar-refractivity contribution in [3.63, 3.8) is 0 Å². The van der Waals surface area contributed by atoms with E-state index in [0.717, 1.165) is 16.9 Å². The van der Waals surface area contributed by atoms with Gasteiger partial charge in [-0.05, 0) is 54.8 Å². The van der Waals surface area contributed by atoms with Crippen molar-refractivity contribution in [2.45, 2.75) is 33.1 Å². The van der Waals surface area contributed by atoms with Gasteiger partial charge in [-0.25, -0.2) is 0 Å². The van der Waals surface area contributed by atoms with Crippen molar-refractivity contribution in [2.24, 2.45) is 0 Å². The number of aryl methyl sites for hydroxylation is 1. The van der Waals surface area contributed by atoms with Crippen molar-refractivity contribution in [3.05, 3.63) is 58.6 Å². The molecule has 3 N–H and O–H groups in total. The lowest BCUT2D eigenvalue weighted by atomic mass is 10.1. The monoisotopic (exact) mass is 417 g/mol. The molecule has 7 nitrogen and oxygen atoms in total. The topological polar surface area (TPSA) is 96.5 Å². The fraction of sp³-hybridized carbons (Fsp3) is 0.286. The van der Waals surface area contributed by atoms with Crippen molar-refractivity contribution in [3.8, 4) is 5.75 Å². The number of ether oxygens (including phenoxy) is 1. The molecule has 0 spiro atoms. The number of hydrogen-bond donors (Lipinski definition) is 3. The minimum absolute atomic E-state index is 0.111. The maximum atomic E-state index is 11.9. The highest BCUT2D eigenvalue weighted by molar-refractivity contribution is 6.30.